The quantitative estimate of drug-likeness (QED) is 0.231. The Kier molecular flexibility index (Phi) is 10.6. The maximum absolute atomic E-state index is 11.4. The fraction of sp³-hybridized carbons (Fsp3) is 0.750. The minimum absolute atomic E-state index is 0. The second kappa shape index (κ2) is 9.61. The van der Waals surface area contributed by atoms with Gasteiger partial charge in [0.2, 0.25) is 11.4 Å². The topological polar surface area (TPSA) is 101 Å². The average molecular weight is 284 g/mol. The largest absolute Gasteiger partial charge is 1.00 e. The Morgan fingerprint density at radius 2 is 1.84 bits per heavy atom. The monoisotopic (exact) mass is 284 g/mol. The number of unbranched alkanes of at least 4 members (excludes halogenated alkanes) is 2. The van der Waals surface area contributed by atoms with E-state index in [2.05, 4.69) is 4.74 Å². The summed E-state index contributed by atoms with van der Waals surface area (Å²) in [6.07, 6.45) is 0.863. The number of ether oxygens (including phenoxy) is 1. The third-order valence-electron chi connectivity index (χ3n) is 2.45. The Morgan fingerprint density at radius 3 is 2.26 bits per heavy atom. The van der Waals surface area contributed by atoms with Gasteiger partial charge in [-0.2, -0.15) is 0 Å². The van der Waals surface area contributed by atoms with Crippen LogP contribution in [0.1, 0.15) is 47.9 Å². The van der Waals surface area contributed by atoms with Gasteiger partial charge in [-0.3, -0.25) is 9.59 Å². The van der Waals surface area contributed by atoms with Crippen molar-refractivity contribution in [3.63, 3.8) is 0 Å². The van der Waals surface area contributed by atoms with Crippen molar-refractivity contribution < 1.29 is 60.3 Å². The molecule has 0 heterocycles. The number of Topliss-reactive ketones (excluding diaryl/α,β-unsaturated/α-hetero) is 1. The molecule has 19 heavy (non-hydrogen) atoms. The predicted octanol–water partition coefficient (Wildman–Crippen LogP) is -2.55. The molecular weight excluding hydrogens is 263 g/mol. The summed E-state index contributed by atoms with van der Waals surface area (Å²) in [6.45, 7) is 3.97. The van der Waals surface area contributed by atoms with Crippen LogP contribution in [0.5, 0.6) is 0 Å². The molecule has 106 valence electrons. The third-order valence-corrected chi connectivity index (χ3v) is 2.45. The molecule has 0 spiro atoms. The Labute approximate surface area is 136 Å². The van der Waals surface area contributed by atoms with Gasteiger partial charge < -0.3 is 16.4 Å². The van der Waals surface area contributed by atoms with Gasteiger partial charge in [-0.1, -0.05) is 19.8 Å². The van der Waals surface area contributed by atoms with Gasteiger partial charge in [0.1, 0.15) is 6.10 Å². The minimum atomic E-state index is -2.51. The van der Waals surface area contributed by atoms with Crippen LogP contribution < -0.4 is 29.6 Å². The zero-order chi connectivity index (χ0) is 14.3. The van der Waals surface area contributed by atoms with Crippen LogP contribution in [-0.2, 0) is 19.1 Å². The number of carbonyl (C=O) groups is 3. The molecule has 2 unspecified atom stereocenters. The minimum Gasteiger partial charge on any atom is -1.00 e. The molecule has 2 atom stereocenters. The Bertz CT molecular complexity index is 330. The van der Waals surface area contributed by atoms with Crippen molar-refractivity contribution >= 4 is 17.7 Å². The van der Waals surface area contributed by atoms with Crippen LogP contribution in [0, 0.1) is 0 Å². The molecule has 7 heteroatoms. The number of hydrogen-bond donors (Lipinski definition) is 2. The van der Waals surface area contributed by atoms with Crippen molar-refractivity contribution in [3.05, 3.63) is 0 Å². The van der Waals surface area contributed by atoms with E-state index in [1.54, 1.807) is 0 Å². The molecule has 0 aromatic heterocycles. The van der Waals surface area contributed by atoms with Gasteiger partial charge in [0.05, 0.1) is 0 Å². The van der Waals surface area contributed by atoms with E-state index >= 15 is 0 Å². The second-order valence-corrected chi connectivity index (χ2v) is 4.33. The molecule has 0 radical (unpaired) electrons. The summed E-state index contributed by atoms with van der Waals surface area (Å²) in [7, 11) is 0. The summed E-state index contributed by atoms with van der Waals surface area (Å²) in [6, 6.07) is 0. The van der Waals surface area contributed by atoms with E-state index in [0.29, 0.717) is 6.42 Å². The van der Waals surface area contributed by atoms with Crippen LogP contribution in [0.2, 0.25) is 0 Å². The molecule has 0 aromatic rings. The van der Waals surface area contributed by atoms with E-state index in [1.165, 1.54) is 0 Å². The maximum atomic E-state index is 11.4. The van der Waals surface area contributed by atoms with Crippen LogP contribution in [0.15, 0.2) is 0 Å². The van der Waals surface area contributed by atoms with E-state index in [0.717, 1.165) is 26.7 Å². The number of aliphatic hydroxyl groups is 2. The first kappa shape index (κ1) is 21.0. The molecular formula is C12H21NaO6. The SMILES string of the molecule is CCCCCC(=O)OC(=O)C(C)(O)C(=O)C(C)O.[H-].[Na+]. The number of esters is 2. The first-order valence-electron chi connectivity index (χ1n) is 5.93. The maximum Gasteiger partial charge on any atom is 1.00 e. The molecule has 0 saturated heterocycles. The summed E-state index contributed by atoms with van der Waals surface area (Å²) in [4.78, 5) is 34.0. The summed E-state index contributed by atoms with van der Waals surface area (Å²) in [5.41, 5.74) is -2.51. The van der Waals surface area contributed by atoms with E-state index in [4.69, 9.17) is 5.11 Å². The zero-order valence-corrected chi connectivity index (χ0v) is 13.9. The van der Waals surface area contributed by atoms with Crippen molar-refractivity contribution in [2.45, 2.75) is 58.2 Å². The summed E-state index contributed by atoms with van der Waals surface area (Å²) < 4.78 is 4.37. The molecule has 6 nitrogen and oxygen atoms in total. The Morgan fingerprint density at radius 1 is 1.32 bits per heavy atom. The third kappa shape index (κ3) is 7.17. The second-order valence-electron chi connectivity index (χ2n) is 4.33. The van der Waals surface area contributed by atoms with Crippen molar-refractivity contribution in [2.24, 2.45) is 0 Å². The Hall–Kier alpha value is -0.270. The van der Waals surface area contributed by atoms with E-state index in [1.807, 2.05) is 6.92 Å². The standard InChI is InChI=1S/C12H20O6.Na.H/c1-4-5-6-7-9(14)18-11(16)12(3,17)10(15)8(2)13;;/h8,13,17H,4-7H2,1-3H3;;/q;+1;-1. The van der Waals surface area contributed by atoms with Gasteiger partial charge in [0, 0.05) is 6.42 Å². The fourth-order valence-electron chi connectivity index (χ4n) is 1.28. The van der Waals surface area contributed by atoms with Crippen LogP contribution in [0.25, 0.3) is 0 Å². The van der Waals surface area contributed by atoms with E-state index < -0.39 is 29.4 Å². The number of hydrogen-bond acceptors (Lipinski definition) is 6. The molecule has 0 aliphatic carbocycles. The van der Waals surface area contributed by atoms with Gasteiger partial charge in [-0.25, -0.2) is 4.79 Å². The van der Waals surface area contributed by atoms with E-state index in [9.17, 15) is 19.5 Å². The number of rotatable bonds is 7. The van der Waals surface area contributed by atoms with Crippen LogP contribution in [-0.4, -0.2) is 39.6 Å². The molecule has 0 rings (SSSR count). The molecule has 0 amide bonds. The molecule has 0 aromatic carbocycles. The smallest absolute Gasteiger partial charge is 1.00 e. The summed E-state index contributed by atoms with van der Waals surface area (Å²) in [5.74, 6) is -3.24. The van der Waals surface area contributed by atoms with Crippen LogP contribution in [0.3, 0.4) is 0 Å². The molecule has 0 fully saturated rings. The Balaban J connectivity index is -0.00000144. The summed E-state index contributed by atoms with van der Waals surface area (Å²) >= 11 is 0. The fourth-order valence-corrected chi connectivity index (χ4v) is 1.28. The molecule has 0 bridgehead atoms. The van der Waals surface area contributed by atoms with Crippen LogP contribution >= 0.6 is 0 Å². The molecule has 0 saturated carbocycles. The average Bonchev–Trinajstić information content (AvgIpc) is 2.27. The predicted molar refractivity (Wildman–Crippen MR) is 63.7 cm³/mol. The molecule has 0 aliphatic rings. The van der Waals surface area contributed by atoms with Crippen LogP contribution in [0.4, 0.5) is 0 Å². The van der Waals surface area contributed by atoms with E-state index in [-0.39, 0.29) is 37.4 Å². The normalized spacial score (nSPS) is 14.8. The van der Waals surface area contributed by atoms with Gasteiger partial charge in [0.15, 0.2) is 0 Å². The number of aliphatic hydroxyl groups excluding tert-OH is 1. The summed E-state index contributed by atoms with van der Waals surface area (Å²) in [5, 5.41) is 18.6. The van der Waals surface area contributed by atoms with Gasteiger partial charge in [0.25, 0.3) is 0 Å². The molecule has 0 aliphatic heterocycles. The van der Waals surface area contributed by atoms with Crippen molar-refractivity contribution in [1.82, 2.24) is 0 Å². The zero-order valence-electron chi connectivity index (χ0n) is 12.9. The first-order valence-corrected chi connectivity index (χ1v) is 5.93. The van der Waals surface area contributed by atoms with Gasteiger partial charge in [-0.05, 0) is 20.3 Å². The van der Waals surface area contributed by atoms with Crippen molar-refractivity contribution in [2.75, 3.05) is 0 Å². The number of ketones is 1. The van der Waals surface area contributed by atoms with Crippen molar-refractivity contribution in [1.29, 1.82) is 0 Å². The molecule has 2 N–H and O–H groups in total. The van der Waals surface area contributed by atoms with Gasteiger partial charge >= 0.3 is 41.5 Å². The van der Waals surface area contributed by atoms with Crippen molar-refractivity contribution in [3.8, 4) is 0 Å². The van der Waals surface area contributed by atoms with Gasteiger partial charge in [-0.15, -0.1) is 0 Å². The first-order chi connectivity index (χ1) is 8.23. The number of carbonyl (C=O) groups excluding carboxylic acids is 3.